The number of anilines is 1. The molecule has 0 unspecified atom stereocenters. The first-order valence-electron chi connectivity index (χ1n) is 7.08. The number of carbonyl (C=O) groups excluding carboxylic acids is 1. The molecule has 0 atom stereocenters. The highest BCUT2D eigenvalue weighted by Gasteiger charge is 2.29. The maximum atomic E-state index is 12.6. The zero-order chi connectivity index (χ0) is 17.9. The van der Waals surface area contributed by atoms with E-state index >= 15 is 0 Å². The largest absolute Gasteiger partial charge is 0.416 e. The Kier molecular flexibility index (Phi) is 5.69. The van der Waals surface area contributed by atoms with Gasteiger partial charge in [0.05, 0.1) is 11.3 Å². The van der Waals surface area contributed by atoms with E-state index in [2.05, 4.69) is 22.6 Å². The summed E-state index contributed by atoms with van der Waals surface area (Å²) in [6.45, 7) is 1.65. The van der Waals surface area contributed by atoms with Crippen molar-refractivity contribution in [3.8, 4) is 0 Å². The van der Waals surface area contributed by atoms with Gasteiger partial charge in [-0.1, -0.05) is 24.3 Å². The third-order valence-corrected chi connectivity index (χ3v) is 4.39. The van der Waals surface area contributed by atoms with Gasteiger partial charge in [0.25, 0.3) is 5.91 Å². The number of benzene rings is 2. The monoisotopic (exact) mass is 445 g/mol. The number of halogens is 4. The van der Waals surface area contributed by atoms with Crippen LogP contribution in [0.15, 0.2) is 54.1 Å². The number of alkyl halides is 3. The minimum absolute atomic E-state index is 0.209. The van der Waals surface area contributed by atoms with Gasteiger partial charge in [0.1, 0.15) is 0 Å². The predicted octanol–water partition coefficient (Wildman–Crippen LogP) is 5.38. The SMILES string of the molecule is C/C(=C\c1ccc(C(F)(F)F)cc1)C(=O)N(C)c1ccccc1I. The number of carbonyl (C=O) groups is 1. The van der Waals surface area contributed by atoms with Gasteiger partial charge >= 0.3 is 6.18 Å². The molecule has 0 heterocycles. The van der Waals surface area contributed by atoms with E-state index in [0.717, 1.165) is 21.4 Å². The van der Waals surface area contributed by atoms with Crippen molar-refractivity contribution in [3.63, 3.8) is 0 Å². The summed E-state index contributed by atoms with van der Waals surface area (Å²) in [5.74, 6) is -0.209. The number of nitrogens with zero attached hydrogens (tertiary/aromatic N) is 1. The van der Waals surface area contributed by atoms with Crippen LogP contribution in [0.1, 0.15) is 18.1 Å². The van der Waals surface area contributed by atoms with E-state index in [9.17, 15) is 18.0 Å². The minimum atomic E-state index is -4.36. The Hall–Kier alpha value is -1.83. The Labute approximate surface area is 152 Å². The fourth-order valence-electron chi connectivity index (χ4n) is 2.18. The second kappa shape index (κ2) is 7.38. The summed E-state index contributed by atoms with van der Waals surface area (Å²) in [6, 6.07) is 12.2. The highest BCUT2D eigenvalue weighted by Crippen LogP contribution is 2.29. The number of likely N-dealkylation sites (N-methyl/N-ethyl adjacent to an activating group) is 1. The Balaban J connectivity index is 2.21. The molecule has 2 aromatic carbocycles. The summed E-state index contributed by atoms with van der Waals surface area (Å²) in [5.41, 5.74) is 1.06. The predicted molar refractivity (Wildman–Crippen MR) is 97.7 cm³/mol. The van der Waals surface area contributed by atoms with Gasteiger partial charge in [-0.05, 0) is 65.4 Å². The van der Waals surface area contributed by atoms with E-state index in [-0.39, 0.29) is 5.91 Å². The molecule has 0 saturated heterocycles. The van der Waals surface area contributed by atoms with Crippen LogP contribution in [0.4, 0.5) is 18.9 Å². The molecule has 0 spiro atoms. The Bertz CT molecular complexity index is 767. The first kappa shape index (κ1) is 18.5. The Morgan fingerprint density at radius 3 is 2.21 bits per heavy atom. The minimum Gasteiger partial charge on any atom is -0.311 e. The lowest BCUT2D eigenvalue weighted by atomic mass is 10.1. The molecule has 126 valence electrons. The van der Waals surface area contributed by atoms with Crippen LogP contribution in [-0.4, -0.2) is 13.0 Å². The topological polar surface area (TPSA) is 20.3 Å². The molecule has 0 N–H and O–H groups in total. The van der Waals surface area contributed by atoms with Crippen LogP contribution >= 0.6 is 22.6 Å². The molecule has 0 aliphatic heterocycles. The van der Waals surface area contributed by atoms with E-state index in [0.29, 0.717) is 11.1 Å². The van der Waals surface area contributed by atoms with Crippen molar-refractivity contribution in [3.05, 3.63) is 68.8 Å². The van der Waals surface area contributed by atoms with Gasteiger partial charge in [-0.25, -0.2) is 0 Å². The lowest BCUT2D eigenvalue weighted by molar-refractivity contribution is -0.137. The molecule has 0 aliphatic rings. The molecule has 0 saturated carbocycles. The Morgan fingerprint density at radius 2 is 1.67 bits per heavy atom. The highest BCUT2D eigenvalue weighted by atomic mass is 127. The first-order chi connectivity index (χ1) is 11.2. The molecule has 0 bridgehead atoms. The molecule has 1 amide bonds. The lowest BCUT2D eigenvalue weighted by Crippen LogP contribution is -2.27. The second-order valence-corrected chi connectivity index (χ2v) is 6.42. The zero-order valence-corrected chi connectivity index (χ0v) is 15.2. The molecular weight excluding hydrogens is 430 g/mol. The molecule has 2 rings (SSSR count). The summed E-state index contributed by atoms with van der Waals surface area (Å²) in [5, 5.41) is 0. The number of hydrogen-bond acceptors (Lipinski definition) is 1. The van der Waals surface area contributed by atoms with Crippen molar-refractivity contribution in [2.45, 2.75) is 13.1 Å². The van der Waals surface area contributed by atoms with Gasteiger partial charge in [-0.15, -0.1) is 0 Å². The fourth-order valence-corrected chi connectivity index (χ4v) is 2.93. The molecule has 6 heteroatoms. The van der Waals surface area contributed by atoms with Crippen LogP contribution in [0.25, 0.3) is 6.08 Å². The van der Waals surface area contributed by atoms with Crippen molar-refractivity contribution < 1.29 is 18.0 Å². The third-order valence-electron chi connectivity index (χ3n) is 3.48. The van der Waals surface area contributed by atoms with Crippen molar-refractivity contribution in [2.75, 3.05) is 11.9 Å². The zero-order valence-electron chi connectivity index (χ0n) is 13.1. The molecule has 0 radical (unpaired) electrons. The second-order valence-electron chi connectivity index (χ2n) is 5.26. The average molecular weight is 445 g/mol. The van der Waals surface area contributed by atoms with E-state index < -0.39 is 11.7 Å². The van der Waals surface area contributed by atoms with Crippen LogP contribution in [0.2, 0.25) is 0 Å². The molecule has 0 aromatic heterocycles. The summed E-state index contributed by atoms with van der Waals surface area (Å²) >= 11 is 2.15. The van der Waals surface area contributed by atoms with Gasteiger partial charge in [0, 0.05) is 16.2 Å². The van der Waals surface area contributed by atoms with Gasteiger partial charge in [0.15, 0.2) is 0 Å². The van der Waals surface area contributed by atoms with E-state index in [1.54, 1.807) is 20.0 Å². The Morgan fingerprint density at radius 1 is 1.08 bits per heavy atom. The van der Waals surface area contributed by atoms with Crippen LogP contribution < -0.4 is 4.90 Å². The molecule has 0 fully saturated rings. The van der Waals surface area contributed by atoms with E-state index in [1.165, 1.54) is 17.0 Å². The van der Waals surface area contributed by atoms with Crippen molar-refractivity contribution in [1.29, 1.82) is 0 Å². The molecule has 2 nitrogen and oxygen atoms in total. The lowest BCUT2D eigenvalue weighted by Gasteiger charge is -2.19. The number of hydrogen-bond donors (Lipinski definition) is 0. The summed E-state index contributed by atoms with van der Waals surface area (Å²) in [4.78, 5) is 14.0. The number of para-hydroxylation sites is 1. The van der Waals surface area contributed by atoms with Crippen LogP contribution in [0.5, 0.6) is 0 Å². The third kappa shape index (κ3) is 4.37. The summed E-state index contributed by atoms with van der Waals surface area (Å²) in [7, 11) is 1.67. The molecule has 2 aromatic rings. The average Bonchev–Trinajstić information content (AvgIpc) is 2.53. The van der Waals surface area contributed by atoms with Crippen molar-refractivity contribution >= 4 is 40.3 Å². The van der Waals surface area contributed by atoms with Crippen LogP contribution in [0.3, 0.4) is 0 Å². The smallest absolute Gasteiger partial charge is 0.311 e. The standard InChI is InChI=1S/C18H15F3INO/c1-12(11-13-7-9-14(10-8-13)18(19,20)21)17(24)23(2)16-6-4-3-5-15(16)22/h3-11H,1-2H3/b12-11+. The van der Waals surface area contributed by atoms with Crippen molar-refractivity contribution in [2.24, 2.45) is 0 Å². The van der Waals surface area contributed by atoms with Gasteiger partial charge in [-0.3, -0.25) is 4.79 Å². The van der Waals surface area contributed by atoms with Crippen LogP contribution in [-0.2, 0) is 11.0 Å². The van der Waals surface area contributed by atoms with E-state index in [1.807, 2.05) is 24.3 Å². The van der Waals surface area contributed by atoms with Gasteiger partial charge < -0.3 is 4.90 Å². The highest BCUT2D eigenvalue weighted by molar-refractivity contribution is 14.1. The van der Waals surface area contributed by atoms with Gasteiger partial charge in [-0.2, -0.15) is 13.2 Å². The quantitative estimate of drug-likeness (QED) is 0.459. The van der Waals surface area contributed by atoms with E-state index in [4.69, 9.17) is 0 Å². The fraction of sp³-hybridized carbons (Fsp3) is 0.167. The maximum Gasteiger partial charge on any atom is 0.416 e. The van der Waals surface area contributed by atoms with Gasteiger partial charge in [0.2, 0.25) is 0 Å². The maximum absolute atomic E-state index is 12.6. The number of amides is 1. The molecule has 0 aliphatic carbocycles. The van der Waals surface area contributed by atoms with Crippen LogP contribution in [0, 0.1) is 3.57 Å². The number of rotatable bonds is 3. The molecule has 24 heavy (non-hydrogen) atoms. The van der Waals surface area contributed by atoms with Crippen molar-refractivity contribution in [1.82, 2.24) is 0 Å². The summed E-state index contributed by atoms with van der Waals surface area (Å²) in [6.07, 6.45) is -2.79. The molecular formula is C18H15F3INO. The normalized spacial score (nSPS) is 12.2. The first-order valence-corrected chi connectivity index (χ1v) is 8.16. The summed E-state index contributed by atoms with van der Waals surface area (Å²) < 4.78 is 38.6.